The van der Waals surface area contributed by atoms with Gasteiger partial charge in [-0.25, -0.2) is 14.4 Å². The predicted octanol–water partition coefficient (Wildman–Crippen LogP) is 3.47. The molecule has 0 fully saturated rings. The van der Waals surface area contributed by atoms with E-state index in [2.05, 4.69) is 32.7 Å². The first-order chi connectivity index (χ1) is 10.8. The second-order valence-electron chi connectivity index (χ2n) is 5.01. The lowest BCUT2D eigenvalue weighted by atomic mass is 10.1. The van der Waals surface area contributed by atoms with E-state index in [1.54, 1.807) is 6.07 Å². The lowest BCUT2D eigenvalue weighted by Crippen LogP contribution is -2.07. The van der Waals surface area contributed by atoms with Crippen molar-refractivity contribution >= 4 is 22.4 Å². The number of fused-ring (bicyclic) bond motifs is 1. The predicted molar refractivity (Wildman–Crippen MR) is 87.7 cm³/mol. The molecule has 0 atom stereocenters. The maximum absolute atomic E-state index is 13.4. The third kappa shape index (κ3) is 3.14. The molecule has 2 N–H and O–H groups in total. The molecule has 0 bridgehead atoms. The third-order valence-electron chi connectivity index (χ3n) is 3.55. The summed E-state index contributed by atoms with van der Waals surface area (Å²) in [5.41, 5.74) is 3.06. The van der Waals surface area contributed by atoms with Gasteiger partial charge >= 0.3 is 0 Å². The molecule has 0 aliphatic carbocycles. The minimum atomic E-state index is -0.284. The lowest BCUT2D eigenvalue weighted by molar-refractivity contribution is 0.629. The Labute approximate surface area is 128 Å². The Morgan fingerprint density at radius 3 is 2.64 bits per heavy atom. The van der Waals surface area contributed by atoms with Crippen molar-refractivity contribution in [2.45, 2.75) is 6.42 Å². The van der Waals surface area contributed by atoms with Crippen LogP contribution >= 0.6 is 0 Å². The molecule has 112 valence electrons. The Kier molecular flexibility index (Phi) is 4.14. The van der Waals surface area contributed by atoms with E-state index in [0.29, 0.717) is 11.2 Å². The Balaban J connectivity index is 1.69. The highest BCUT2D eigenvalue weighted by molar-refractivity contribution is 5.88. The molecule has 0 amide bonds. The van der Waals surface area contributed by atoms with Gasteiger partial charge in [0.05, 0.1) is 5.52 Å². The zero-order chi connectivity index (χ0) is 15.4. The van der Waals surface area contributed by atoms with Crippen LogP contribution < -0.4 is 10.6 Å². The van der Waals surface area contributed by atoms with Crippen molar-refractivity contribution in [3.63, 3.8) is 0 Å². The van der Waals surface area contributed by atoms with Gasteiger partial charge in [-0.2, -0.15) is 0 Å². The molecule has 0 spiro atoms. The van der Waals surface area contributed by atoms with Crippen LogP contribution in [0.15, 0.2) is 48.8 Å². The van der Waals surface area contributed by atoms with E-state index in [1.165, 1.54) is 24.0 Å². The van der Waals surface area contributed by atoms with Crippen LogP contribution in [0.1, 0.15) is 5.56 Å². The summed E-state index contributed by atoms with van der Waals surface area (Å²) in [6.45, 7) is 0.724. The Morgan fingerprint density at radius 1 is 1.05 bits per heavy atom. The molecule has 3 rings (SSSR count). The van der Waals surface area contributed by atoms with Crippen LogP contribution in [0.25, 0.3) is 10.9 Å². The van der Waals surface area contributed by atoms with Crippen LogP contribution in [0.4, 0.5) is 15.9 Å². The van der Waals surface area contributed by atoms with E-state index in [9.17, 15) is 4.39 Å². The number of aromatic nitrogens is 2. The average molecular weight is 296 g/mol. The van der Waals surface area contributed by atoms with Gasteiger partial charge in [-0.05, 0) is 42.3 Å². The summed E-state index contributed by atoms with van der Waals surface area (Å²) in [6.07, 6.45) is 2.36. The number of halogens is 1. The van der Waals surface area contributed by atoms with Crippen molar-refractivity contribution in [2.75, 3.05) is 24.2 Å². The molecule has 2 aromatic carbocycles. The molecular weight excluding hydrogens is 279 g/mol. The second kappa shape index (κ2) is 6.39. The average Bonchev–Trinajstić information content (AvgIpc) is 2.56. The first-order valence-electron chi connectivity index (χ1n) is 7.17. The number of anilines is 2. The fraction of sp³-hybridized carbons (Fsp3) is 0.176. The maximum Gasteiger partial charge on any atom is 0.137 e. The van der Waals surface area contributed by atoms with Crippen molar-refractivity contribution in [2.24, 2.45) is 0 Å². The summed E-state index contributed by atoms with van der Waals surface area (Å²) >= 11 is 0. The summed E-state index contributed by atoms with van der Waals surface area (Å²) in [5, 5.41) is 7.05. The molecule has 0 saturated heterocycles. The zero-order valence-electron chi connectivity index (χ0n) is 12.3. The summed E-state index contributed by atoms with van der Waals surface area (Å²) in [7, 11) is 1.90. The second-order valence-corrected chi connectivity index (χ2v) is 5.01. The third-order valence-corrected chi connectivity index (χ3v) is 3.55. The molecule has 0 saturated carbocycles. The van der Waals surface area contributed by atoms with Crippen LogP contribution in [-0.2, 0) is 6.42 Å². The van der Waals surface area contributed by atoms with Crippen LogP contribution in [-0.4, -0.2) is 23.6 Å². The molecule has 0 aliphatic rings. The van der Waals surface area contributed by atoms with Gasteiger partial charge in [-0.3, -0.25) is 0 Å². The number of hydrogen-bond acceptors (Lipinski definition) is 4. The van der Waals surface area contributed by atoms with Gasteiger partial charge in [-0.1, -0.05) is 12.1 Å². The van der Waals surface area contributed by atoms with Crippen molar-refractivity contribution < 1.29 is 4.39 Å². The molecule has 0 radical (unpaired) electrons. The van der Waals surface area contributed by atoms with Gasteiger partial charge in [0.25, 0.3) is 0 Å². The van der Waals surface area contributed by atoms with Gasteiger partial charge in [0.1, 0.15) is 18.0 Å². The van der Waals surface area contributed by atoms with Crippen LogP contribution in [0, 0.1) is 5.82 Å². The van der Waals surface area contributed by atoms with E-state index in [1.807, 2.05) is 19.2 Å². The molecule has 1 heterocycles. The van der Waals surface area contributed by atoms with E-state index in [4.69, 9.17) is 0 Å². The minimum Gasteiger partial charge on any atom is -0.388 e. The fourth-order valence-electron chi connectivity index (χ4n) is 2.33. The van der Waals surface area contributed by atoms with E-state index in [0.717, 1.165) is 24.2 Å². The maximum atomic E-state index is 13.4. The van der Waals surface area contributed by atoms with Gasteiger partial charge in [0, 0.05) is 24.7 Å². The molecule has 1 aromatic heterocycles. The topological polar surface area (TPSA) is 49.8 Å². The normalized spacial score (nSPS) is 10.6. The highest BCUT2D eigenvalue weighted by Crippen LogP contribution is 2.20. The summed E-state index contributed by atoms with van der Waals surface area (Å²) in [4.78, 5) is 8.35. The number of hydrogen-bond donors (Lipinski definition) is 2. The standard InChI is InChI=1S/C17H17FN4/c1-19-14-5-2-12(3-6-14)8-9-20-17-15-10-13(18)4-7-16(15)21-11-22-17/h2-7,10-11,19H,8-9H2,1H3,(H,20,21,22). The Morgan fingerprint density at radius 2 is 1.86 bits per heavy atom. The Bertz CT molecular complexity index is 771. The van der Waals surface area contributed by atoms with E-state index < -0.39 is 0 Å². The summed E-state index contributed by atoms with van der Waals surface area (Å²) in [5.74, 6) is 0.379. The van der Waals surface area contributed by atoms with Crippen molar-refractivity contribution in [1.82, 2.24) is 9.97 Å². The molecule has 4 nitrogen and oxygen atoms in total. The Hall–Kier alpha value is -2.69. The van der Waals surface area contributed by atoms with Crippen LogP contribution in [0.5, 0.6) is 0 Å². The monoisotopic (exact) mass is 296 g/mol. The number of rotatable bonds is 5. The molecule has 3 aromatic rings. The molecular formula is C17H17FN4. The summed E-state index contributed by atoms with van der Waals surface area (Å²) < 4.78 is 13.4. The SMILES string of the molecule is CNc1ccc(CCNc2ncnc3ccc(F)cc23)cc1. The number of nitrogens with one attached hydrogen (secondary N) is 2. The fourth-order valence-corrected chi connectivity index (χ4v) is 2.33. The quantitative estimate of drug-likeness (QED) is 0.757. The molecule has 5 heteroatoms. The molecule has 0 aliphatic heterocycles. The van der Waals surface area contributed by atoms with Gasteiger partial charge < -0.3 is 10.6 Å². The lowest BCUT2D eigenvalue weighted by Gasteiger charge is -2.09. The van der Waals surface area contributed by atoms with Crippen LogP contribution in [0.2, 0.25) is 0 Å². The van der Waals surface area contributed by atoms with Crippen molar-refractivity contribution in [1.29, 1.82) is 0 Å². The number of nitrogens with zero attached hydrogens (tertiary/aromatic N) is 2. The molecule has 0 unspecified atom stereocenters. The smallest absolute Gasteiger partial charge is 0.137 e. The van der Waals surface area contributed by atoms with Crippen molar-refractivity contribution in [3.8, 4) is 0 Å². The van der Waals surface area contributed by atoms with Crippen LogP contribution in [0.3, 0.4) is 0 Å². The van der Waals surface area contributed by atoms with E-state index in [-0.39, 0.29) is 5.82 Å². The zero-order valence-corrected chi connectivity index (χ0v) is 12.3. The van der Waals surface area contributed by atoms with Gasteiger partial charge in [0.2, 0.25) is 0 Å². The number of benzene rings is 2. The first kappa shape index (κ1) is 14.3. The van der Waals surface area contributed by atoms with Gasteiger partial charge in [0.15, 0.2) is 0 Å². The first-order valence-corrected chi connectivity index (χ1v) is 7.17. The van der Waals surface area contributed by atoms with Gasteiger partial charge in [-0.15, -0.1) is 0 Å². The van der Waals surface area contributed by atoms with E-state index >= 15 is 0 Å². The largest absolute Gasteiger partial charge is 0.388 e. The minimum absolute atomic E-state index is 0.284. The van der Waals surface area contributed by atoms with Crippen molar-refractivity contribution in [3.05, 3.63) is 60.2 Å². The highest BCUT2D eigenvalue weighted by atomic mass is 19.1. The summed E-state index contributed by atoms with van der Waals surface area (Å²) in [6, 6.07) is 12.8. The highest BCUT2D eigenvalue weighted by Gasteiger charge is 2.04. The molecule has 22 heavy (non-hydrogen) atoms.